The lowest BCUT2D eigenvalue weighted by molar-refractivity contribution is 0.342. The van der Waals surface area contributed by atoms with Gasteiger partial charge in [0.15, 0.2) is 0 Å². The molecule has 1 aromatic rings. The molecule has 0 saturated heterocycles. The van der Waals surface area contributed by atoms with Gasteiger partial charge < -0.3 is 5.32 Å². The Hall–Kier alpha value is -0.430. The standard InChI is InChI=1S/C15H28N2O2S2/c1-6-15(7-2,8-3)17-21(18,19)14-9-13(11-20-14)10-16-12(4)5/h9,11-12,16-17H,6-8,10H2,1-5H3. The number of hydrogen-bond donors (Lipinski definition) is 2. The molecule has 0 unspecified atom stereocenters. The van der Waals surface area contributed by atoms with Gasteiger partial charge in [-0.2, -0.15) is 0 Å². The average Bonchev–Trinajstić information content (AvgIpc) is 2.92. The third kappa shape index (κ3) is 5.06. The Labute approximate surface area is 133 Å². The van der Waals surface area contributed by atoms with E-state index >= 15 is 0 Å². The first-order valence-electron chi connectivity index (χ1n) is 7.63. The molecule has 0 fully saturated rings. The first-order valence-corrected chi connectivity index (χ1v) is 9.99. The summed E-state index contributed by atoms with van der Waals surface area (Å²) in [5.41, 5.74) is 0.684. The molecule has 0 aromatic carbocycles. The van der Waals surface area contributed by atoms with E-state index in [1.807, 2.05) is 26.2 Å². The molecular formula is C15H28N2O2S2. The molecule has 21 heavy (non-hydrogen) atoms. The highest BCUT2D eigenvalue weighted by Gasteiger charge is 2.31. The normalized spacial score (nSPS) is 13.0. The van der Waals surface area contributed by atoms with Crippen LogP contribution < -0.4 is 10.0 Å². The molecule has 0 aliphatic heterocycles. The van der Waals surface area contributed by atoms with Gasteiger partial charge in [0, 0.05) is 18.1 Å². The summed E-state index contributed by atoms with van der Waals surface area (Å²) in [5.74, 6) is 0. The zero-order chi connectivity index (χ0) is 16.1. The smallest absolute Gasteiger partial charge is 0.250 e. The van der Waals surface area contributed by atoms with Gasteiger partial charge in [0.05, 0.1) is 0 Å². The zero-order valence-corrected chi connectivity index (χ0v) is 15.3. The van der Waals surface area contributed by atoms with E-state index in [1.54, 1.807) is 6.07 Å². The quantitative estimate of drug-likeness (QED) is 0.728. The monoisotopic (exact) mass is 332 g/mol. The van der Waals surface area contributed by atoms with Crippen molar-refractivity contribution in [3.8, 4) is 0 Å². The molecular weight excluding hydrogens is 304 g/mol. The van der Waals surface area contributed by atoms with Crippen LogP contribution in [0.15, 0.2) is 15.7 Å². The molecule has 0 amide bonds. The first kappa shape index (κ1) is 18.6. The summed E-state index contributed by atoms with van der Waals surface area (Å²) in [5, 5.41) is 5.21. The van der Waals surface area contributed by atoms with Gasteiger partial charge >= 0.3 is 0 Å². The van der Waals surface area contributed by atoms with Crippen molar-refractivity contribution in [3.05, 3.63) is 17.0 Å². The van der Waals surface area contributed by atoms with Crippen molar-refractivity contribution in [2.75, 3.05) is 0 Å². The summed E-state index contributed by atoms with van der Waals surface area (Å²) in [4.78, 5) is 0. The van der Waals surface area contributed by atoms with Gasteiger partial charge in [-0.25, -0.2) is 13.1 Å². The fourth-order valence-corrected chi connectivity index (χ4v) is 5.04. The molecule has 122 valence electrons. The zero-order valence-electron chi connectivity index (χ0n) is 13.7. The van der Waals surface area contributed by atoms with Crippen LogP contribution in [-0.2, 0) is 16.6 Å². The number of hydrogen-bond acceptors (Lipinski definition) is 4. The van der Waals surface area contributed by atoms with Crippen molar-refractivity contribution in [1.82, 2.24) is 10.0 Å². The highest BCUT2D eigenvalue weighted by atomic mass is 32.2. The SMILES string of the molecule is CCC(CC)(CC)NS(=O)(=O)c1cc(CNC(C)C)cs1. The van der Waals surface area contributed by atoms with Crippen LogP contribution in [0, 0.1) is 0 Å². The molecule has 1 aromatic heterocycles. The van der Waals surface area contributed by atoms with Gasteiger partial charge in [-0.05, 0) is 36.3 Å². The fraction of sp³-hybridized carbons (Fsp3) is 0.733. The van der Waals surface area contributed by atoms with Gasteiger partial charge in [-0.1, -0.05) is 34.6 Å². The van der Waals surface area contributed by atoms with Crippen LogP contribution >= 0.6 is 11.3 Å². The second-order valence-corrected chi connectivity index (χ2v) is 8.58. The van der Waals surface area contributed by atoms with Crippen LogP contribution in [0.25, 0.3) is 0 Å². The van der Waals surface area contributed by atoms with Gasteiger partial charge in [-0.15, -0.1) is 11.3 Å². The lowest BCUT2D eigenvalue weighted by Crippen LogP contribution is -2.46. The lowest BCUT2D eigenvalue weighted by atomic mass is 9.91. The second kappa shape index (κ2) is 7.72. The van der Waals surface area contributed by atoms with Crippen LogP contribution in [0.1, 0.15) is 59.4 Å². The van der Waals surface area contributed by atoms with Crippen molar-refractivity contribution in [1.29, 1.82) is 0 Å². The molecule has 1 rings (SSSR count). The number of rotatable bonds is 9. The van der Waals surface area contributed by atoms with E-state index in [4.69, 9.17) is 0 Å². The van der Waals surface area contributed by atoms with Crippen LogP contribution in [0.3, 0.4) is 0 Å². The number of thiophene rings is 1. The summed E-state index contributed by atoms with van der Waals surface area (Å²) < 4.78 is 28.4. The Bertz CT molecular complexity index is 523. The maximum Gasteiger partial charge on any atom is 0.250 e. The van der Waals surface area contributed by atoms with Crippen molar-refractivity contribution >= 4 is 21.4 Å². The molecule has 0 atom stereocenters. The molecule has 0 bridgehead atoms. The summed E-state index contributed by atoms with van der Waals surface area (Å²) in [7, 11) is -3.43. The fourth-order valence-electron chi connectivity index (χ4n) is 2.21. The number of sulfonamides is 1. The van der Waals surface area contributed by atoms with Crippen molar-refractivity contribution in [2.45, 2.75) is 76.2 Å². The summed E-state index contributed by atoms with van der Waals surface area (Å²) in [6.07, 6.45) is 2.39. The highest BCUT2D eigenvalue weighted by Crippen LogP contribution is 2.26. The minimum absolute atomic E-state index is 0.334. The average molecular weight is 333 g/mol. The Morgan fingerprint density at radius 1 is 1.19 bits per heavy atom. The van der Waals surface area contributed by atoms with E-state index in [0.29, 0.717) is 16.8 Å². The molecule has 4 nitrogen and oxygen atoms in total. The third-order valence-corrected chi connectivity index (χ3v) is 7.06. The molecule has 0 aliphatic carbocycles. The van der Waals surface area contributed by atoms with Crippen LogP contribution in [0.2, 0.25) is 0 Å². The maximum absolute atomic E-state index is 12.6. The summed E-state index contributed by atoms with van der Waals surface area (Å²) >= 11 is 1.29. The first-order chi connectivity index (χ1) is 9.78. The molecule has 1 heterocycles. The molecule has 2 N–H and O–H groups in total. The van der Waals surface area contributed by atoms with Crippen molar-refractivity contribution in [3.63, 3.8) is 0 Å². The Balaban J connectivity index is 2.88. The van der Waals surface area contributed by atoms with Gasteiger partial charge in [-0.3, -0.25) is 0 Å². The molecule has 0 spiro atoms. The van der Waals surface area contributed by atoms with Gasteiger partial charge in [0.25, 0.3) is 10.0 Å². The predicted octanol–water partition coefficient (Wildman–Crippen LogP) is 3.49. The van der Waals surface area contributed by atoms with E-state index in [-0.39, 0.29) is 5.54 Å². The van der Waals surface area contributed by atoms with E-state index in [9.17, 15) is 8.42 Å². The van der Waals surface area contributed by atoms with Crippen LogP contribution in [-0.4, -0.2) is 20.0 Å². The van der Waals surface area contributed by atoms with E-state index in [2.05, 4.69) is 23.9 Å². The second-order valence-electron chi connectivity index (χ2n) is 5.76. The highest BCUT2D eigenvalue weighted by molar-refractivity contribution is 7.91. The topological polar surface area (TPSA) is 58.2 Å². The molecule has 0 saturated carbocycles. The van der Waals surface area contributed by atoms with Crippen molar-refractivity contribution < 1.29 is 8.42 Å². The van der Waals surface area contributed by atoms with Gasteiger partial charge in [0.1, 0.15) is 4.21 Å². The summed E-state index contributed by atoms with van der Waals surface area (Å²) in [6.45, 7) is 10.9. The molecule has 0 radical (unpaired) electrons. The molecule has 0 aliphatic rings. The van der Waals surface area contributed by atoms with Gasteiger partial charge in [0.2, 0.25) is 0 Å². The van der Waals surface area contributed by atoms with E-state index in [0.717, 1.165) is 24.8 Å². The van der Waals surface area contributed by atoms with Crippen LogP contribution in [0.5, 0.6) is 0 Å². The minimum Gasteiger partial charge on any atom is -0.310 e. The van der Waals surface area contributed by atoms with E-state index in [1.165, 1.54) is 11.3 Å². The maximum atomic E-state index is 12.6. The number of nitrogens with one attached hydrogen (secondary N) is 2. The summed E-state index contributed by atoms with van der Waals surface area (Å²) in [6, 6.07) is 2.16. The van der Waals surface area contributed by atoms with Crippen molar-refractivity contribution in [2.24, 2.45) is 0 Å². The van der Waals surface area contributed by atoms with Crippen LogP contribution in [0.4, 0.5) is 0 Å². The Morgan fingerprint density at radius 3 is 2.24 bits per heavy atom. The third-order valence-electron chi connectivity index (χ3n) is 3.99. The Morgan fingerprint density at radius 2 is 1.76 bits per heavy atom. The minimum atomic E-state index is -3.43. The Kier molecular flexibility index (Phi) is 6.84. The lowest BCUT2D eigenvalue weighted by Gasteiger charge is -2.30. The van der Waals surface area contributed by atoms with E-state index < -0.39 is 10.0 Å². The predicted molar refractivity (Wildman–Crippen MR) is 90.2 cm³/mol. The molecule has 6 heteroatoms. The largest absolute Gasteiger partial charge is 0.310 e.